The third kappa shape index (κ3) is 3.76. The molecule has 0 amide bonds. The number of hydrogen-bond acceptors (Lipinski definition) is 4. The van der Waals surface area contributed by atoms with E-state index in [2.05, 4.69) is 0 Å². The molecular weight excluding hydrogens is 200 g/mol. The fourth-order valence-electron chi connectivity index (χ4n) is 1.02. The summed E-state index contributed by atoms with van der Waals surface area (Å²) in [4.78, 5) is 8.36. The molecule has 0 radical (unpaired) electrons. The van der Waals surface area contributed by atoms with Crippen molar-refractivity contribution in [3.05, 3.63) is 18.2 Å². The highest BCUT2D eigenvalue weighted by atomic mass is 16.5. The largest absolute Gasteiger partial charge is 0.493 e. The van der Waals surface area contributed by atoms with Gasteiger partial charge in [-0.3, -0.25) is 4.79 Å². The average Bonchev–Trinajstić information content (AvgIpc) is 2.28. The van der Waals surface area contributed by atoms with Gasteiger partial charge in [-0.2, -0.15) is 0 Å². The van der Waals surface area contributed by atoms with Crippen LogP contribution in [0.5, 0.6) is 17.2 Å². The highest BCUT2D eigenvalue weighted by Crippen LogP contribution is 2.35. The number of carbonyl (C=O) groups is 1. The summed E-state index contributed by atoms with van der Waals surface area (Å²) in [6.45, 7) is -0.250. The SMILES string of the molecule is COc1cccc(OC)c1OC.O=CO. The summed E-state index contributed by atoms with van der Waals surface area (Å²) in [6.07, 6.45) is 0. The average molecular weight is 214 g/mol. The monoisotopic (exact) mass is 214 g/mol. The Morgan fingerprint density at radius 2 is 1.47 bits per heavy atom. The van der Waals surface area contributed by atoms with Gasteiger partial charge in [0.2, 0.25) is 5.75 Å². The Bertz CT molecular complexity index is 276. The molecule has 1 aromatic rings. The zero-order chi connectivity index (χ0) is 11.7. The van der Waals surface area contributed by atoms with Crippen molar-refractivity contribution in [2.75, 3.05) is 21.3 Å². The van der Waals surface area contributed by atoms with Crippen molar-refractivity contribution in [2.24, 2.45) is 0 Å². The van der Waals surface area contributed by atoms with Crippen molar-refractivity contribution in [3.8, 4) is 17.2 Å². The number of ether oxygens (including phenoxy) is 3. The normalized spacial score (nSPS) is 8.20. The van der Waals surface area contributed by atoms with Crippen molar-refractivity contribution < 1.29 is 24.1 Å². The van der Waals surface area contributed by atoms with Crippen LogP contribution in [0.2, 0.25) is 0 Å². The summed E-state index contributed by atoms with van der Waals surface area (Å²) in [5.74, 6) is 1.98. The fourth-order valence-corrected chi connectivity index (χ4v) is 1.02. The molecule has 0 unspecified atom stereocenters. The molecule has 0 heterocycles. The quantitative estimate of drug-likeness (QED) is 0.771. The Labute approximate surface area is 88.2 Å². The molecule has 15 heavy (non-hydrogen) atoms. The van der Waals surface area contributed by atoms with Crippen LogP contribution in [0.3, 0.4) is 0 Å². The first kappa shape index (κ1) is 13.1. The molecule has 5 nitrogen and oxygen atoms in total. The molecule has 0 spiro atoms. The van der Waals surface area contributed by atoms with Gasteiger partial charge in [-0.15, -0.1) is 0 Å². The molecule has 0 saturated heterocycles. The van der Waals surface area contributed by atoms with Crippen LogP contribution in [0.25, 0.3) is 0 Å². The van der Waals surface area contributed by atoms with Crippen molar-refractivity contribution in [3.63, 3.8) is 0 Å². The lowest BCUT2D eigenvalue weighted by molar-refractivity contribution is -0.122. The number of rotatable bonds is 3. The molecule has 0 aromatic heterocycles. The molecule has 5 heteroatoms. The van der Waals surface area contributed by atoms with E-state index >= 15 is 0 Å². The maximum Gasteiger partial charge on any atom is 0.290 e. The van der Waals surface area contributed by atoms with Crippen LogP contribution in [0.15, 0.2) is 18.2 Å². The Morgan fingerprint density at radius 1 is 1.07 bits per heavy atom. The molecular formula is C10H14O5. The van der Waals surface area contributed by atoms with Gasteiger partial charge in [0.1, 0.15) is 0 Å². The van der Waals surface area contributed by atoms with Gasteiger partial charge in [0.15, 0.2) is 11.5 Å². The van der Waals surface area contributed by atoms with Crippen LogP contribution in [0, 0.1) is 0 Å². The highest BCUT2D eigenvalue weighted by Gasteiger charge is 2.08. The van der Waals surface area contributed by atoms with Crippen LogP contribution >= 0.6 is 0 Å². The Kier molecular flexibility index (Phi) is 6.54. The number of benzene rings is 1. The zero-order valence-corrected chi connectivity index (χ0v) is 8.89. The second-order valence-electron chi connectivity index (χ2n) is 2.30. The summed E-state index contributed by atoms with van der Waals surface area (Å²) in [7, 11) is 4.77. The molecule has 0 aliphatic heterocycles. The second kappa shape index (κ2) is 7.49. The molecule has 1 rings (SSSR count). The zero-order valence-electron chi connectivity index (χ0n) is 8.89. The molecule has 0 saturated carbocycles. The minimum atomic E-state index is -0.250. The summed E-state index contributed by atoms with van der Waals surface area (Å²) >= 11 is 0. The summed E-state index contributed by atoms with van der Waals surface area (Å²) < 4.78 is 15.3. The predicted molar refractivity (Wildman–Crippen MR) is 54.8 cm³/mol. The Morgan fingerprint density at radius 3 is 1.73 bits per heavy atom. The fraction of sp³-hybridized carbons (Fsp3) is 0.300. The molecule has 0 atom stereocenters. The summed E-state index contributed by atoms with van der Waals surface area (Å²) in [5, 5.41) is 6.89. The molecule has 0 fully saturated rings. The lowest BCUT2D eigenvalue weighted by Gasteiger charge is -2.10. The van der Waals surface area contributed by atoms with Gasteiger partial charge in [0.05, 0.1) is 21.3 Å². The lowest BCUT2D eigenvalue weighted by Crippen LogP contribution is -1.93. The van der Waals surface area contributed by atoms with E-state index in [1.165, 1.54) is 0 Å². The van der Waals surface area contributed by atoms with Crippen molar-refractivity contribution in [1.82, 2.24) is 0 Å². The van der Waals surface area contributed by atoms with E-state index in [0.717, 1.165) is 0 Å². The van der Waals surface area contributed by atoms with Gasteiger partial charge in [-0.1, -0.05) is 6.07 Å². The molecule has 0 aliphatic carbocycles. The van der Waals surface area contributed by atoms with E-state index in [4.69, 9.17) is 24.1 Å². The van der Waals surface area contributed by atoms with Crippen LogP contribution in [0.1, 0.15) is 0 Å². The van der Waals surface area contributed by atoms with Crippen LogP contribution in [0.4, 0.5) is 0 Å². The van der Waals surface area contributed by atoms with Crippen LogP contribution in [-0.2, 0) is 4.79 Å². The number of hydrogen-bond donors (Lipinski definition) is 1. The van der Waals surface area contributed by atoms with Gasteiger partial charge < -0.3 is 19.3 Å². The van der Waals surface area contributed by atoms with E-state index in [1.807, 2.05) is 18.2 Å². The van der Waals surface area contributed by atoms with Gasteiger partial charge in [0, 0.05) is 0 Å². The van der Waals surface area contributed by atoms with E-state index < -0.39 is 0 Å². The second-order valence-corrected chi connectivity index (χ2v) is 2.30. The minimum Gasteiger partial charge on any atom is -0.493 e. The van der Waals surface area contributed by atoms with Crippen molar-refractivity contribution >= 4 is 6.47 Å². The Hall–Kier alpha value is -1.91. The predicted octanol–water partition coefficient (Wildman–Crippen LogP) is 1.41. The first-order valence-electron chi connectivity index (χ1n) is 4.08. The third-order valence-electron chi connectivity index (χ3n) is 1.59. The molecule has 84 valence electrons. The molecule has 0 bridgehead atoms. The van der Waals surface area contributed by atoms with Crippen molar-refractivity contribution in [1.29, 1.82) is 0 Å². The molecule has 1 aromatic carbocycles. The topological polar surface area (TPSA) is 65.0 Å². The van der Waals surface area contributed by atoms with Gasteiger partial charge in [-0.25, -0.2) is 0 Å². The number of para-hydroxylation sites is 1. The van der Waals surface area contributed by atoms with E-state index in [9.17, 15) is 0 Å². The lowest BCUT2D eigenvalue weighted by atomic mass is 10.3. The van der Waals surface area contributed by atoms with Crippen molar-refractivity contribution in [2.45, 2.75) is 0 Å². The molecule has 1 N–H and O–H groups in total. The van der Waals surface area contributed by atoms with Gasteiger partial charge >= 0.3 is 0 Å². The minimum absolute atomic E-state index is 0.250. The van der Waals surface area contributed by atoms with Gasteiger partial charge in [0.25, 0.3) is 6.47 Å². The maximum atomic E-state index is 8.36. The maximum absolute atomic E-state index is 8.36. The van der Waals surface area contributed by atoms with Gasteiger partial charge in [-0.05, 0) is 12.1 Å². The van der Waals surface area contributed by atoms with E-state index in [0.29, 0.717) is 17.2 Å². The summed E-state index contributed by atoms with van der Waals surface area (Å²) in [6, 6.07) is 5.49. The van der Waals surface area contributed by atoms with E-state index in [-0.39, 0.29) is 6.47 Å². The first-order valence-corrected chi connectivity index (χ1v) is 4.08. The van der Waals surface area contributed by atoms with Crippen LogP contribution < -0.4 is 14.2 Å². The van der Waals surface area contributed by atoms with Crippen LogP contribution in [-0.4, -0.2) is 32.9 Å². The van der Waals surface area contributed by atoms with E-state index in [1.54, 1.807) is 21.3 Å². The number of carboxylic acid groups (broad SMARTS) is 1. The number of methoxy groups -OCH3 is 3. The summed E-state index contributed by atoms with van der Waals surface area (Å²) in [5.41, 5.74) is 0. The smallest absolute Gasteiger partial charge is 0.290 e. The first-order chi connectivity index (χ1) is 7.24. The standard InChI is InChI=1S/C9H12O3.CH2O2/c1-10-7-5-4-6-8(11-2)9(7)12-3;2-1-3/h4-6H,1-3H3;1H,(H,2,3). The highest BCUT2D eigenvalue weighted by molar-refractivity contribution is 5.50. The Balaban J connectivity index is 0.000000583. The molecule has 0 aliphatic rings. The third-order valence-corrected chi connectivity index (χ3v) is 1.59.